The van der Waals surface area contributed by atoms with Crippen LogP contribution >= 0.6 is 0 Å². The Kier molecular flexibility index (Phi) is 18.4. The van der Waals surface area contributed by atoms with Crippen molar-refractivity contribution in [2.24, 2.45) is 0 Å². The summed E-state index contributed by atoms with van der Waals surface area (Å²) in [5.74, 6) is 5.19. The largest absolute Gasteiger partial charge is 0.867 e. The fourth-order valence-electron chi connectivity index (χ4n) is 6.89. The molecule has 0 N–H and O–H groups in total. The van der Waals surface area contributed by atoms with Crippen LogP contribution in [0, 0.1) is 0 Å². The van der Waals surface area contributed by atoms with E-state index in [4.69, 9.17) is 28.4 Å². The number of benzene rings is 6. The zero-order valence-electron chi connectivity index (χ0n) is 36.5. The molecule has 324 valence electrons. The van der Waals surface area contributed by atoms with Gasteiger partial charge in [0.15, 0.2) is 0 Å². The standard InChI is InChI=1S/2C28H27O2.BFO2/c2*1-2-3-10-19-29-26-17-15-24(16-18-26)28-21-25(22-11-6-4-7-12-22)20-27(30-28)23-13-8-5-9-14-23;2-1(3)4/h2*4-9,11-18,20-21H,2-3,10,19H2,1H3;/q2*+1;-2. The molecule has 8 heteroatoms. The molecule has 6 aromatic carbocycles. The maximum Gasteiger partial charge on any atom is 0.361 e. The number of ether oxygens (including phenoxy) is 2. The van der Waals surface area contributed by atoms with Gasteiger partial charge in [0.05, 0.1) is 59.7 Å². The Bertz CT molecular complexity index is 2240. The molecule has 8 aromatic rings. The fraction of sp³-hybridized carbons (Fsp3) is 0.179. The van der Waals surface area contributed by atoms with Crippen molar-refractivity contribution in [1.82, 2.24) is 0 Å². The minimum absolute atomic E-state index is 0.763. The normalized spacial score (nSPS) is 10.5. The van der Waals surface area contributed by atoms with E-state index in [1.54, 1.807) is 0 Å². The summed E-state index contributed by atoms with van der Waals surface area (Å²) < 4.78 is 34.2. The van der Waals surface area contributed by atoms with Crippen LogP contribution in [0.15, 0.2) is 203 Å². The van der Waals surface area contributed by atoms with Gasteiger partial charge in [0.2, 0.25) is 0 Å². The van der Waals surface area contributed by atoms with Crippen LogP contribution in [0.1, 0.15) is 52.4 Å². The van der Waals surface area contributed by atoms with Gasteiger partial charge in [-0.2, -0.15) is 0 Å². The lowest BCUT2D eigenvalue weighted by molar-refractivity contribution is -0.366. The second-order valence-electron chi connectivity index (χ2n) is 15.0. The lowest BCUT2D eigenvalue weighted by atomic mass is 10.0. The second-order valence-corrected chi connectivity index (χ2v) is 15.0. The first kappa shape index (κ1) is 46.6. The maximum atomic E-state index is 9.89. The molecule has 0 aliphatic rings. The smallest absolute Gasteiger partial charge is 0.361 e. The van der Waals surface area contributed by atoms with Crippen molar-refractivity contribution in [2.45, 2.75) is 52.4 Å². The van der Waals surface area contributed by atoms with Gasteiger partial charge in [-0.05, 0) is 96.8 Å². The first-order valence-corrected chi connectivity index (χ1v) is 22.0. The van der Waals surface area contributed by atoms with Crippen LogP contribution in [-0.2, 0) is 0 Å². The highest BCUT2D eigenvalue weighted by molar-refractivity contribution is 6.27. The van der Waals surface area contributed by atoms with Crippen LogP contribution in [0.2, 0.25) is 0 Å². The first-order chi connectivity index (χ1) is 31.4. The van der Waals surface area contributed by atoms with Gasteiger partial charge in [-0.3, -0.25) is 0 Å². The second kappa shape index (κ2) is 25.3. The molecule has 6 nitrogen and oxygen atoms in total. The Morgan fingerprint density at radius 1 is 0.375 bits per heavy atom. The third-order valence-corrected chi connectivity index (χ3v) is 10.2. The van der Waals surface area contributed by atoms with E-state index in [0.717, 1.165) is 94.0 Å². The van der Waals surface area contributed by atoms with Gasteiger partial charge in [0.25, 0.3) is 0 Å². The van der Waals surface area contributed by atoms with Gasteiger partial charge < -0.3 is 23.8 Å². The van der Waals surface area contributed by atoms with E-state index in [2.05, 4.69) is 135 Å². The van der Waals surface area contributed by atoms with E-state index < -0.39 is 7.40 Å². The lowest BCUT2D eigenvalue weighted by Gasteiger charge is -2.09. The average molecular weight is 853 g/mol. The van der Waals surface area contributed by atoms with E-state index >= 15 is 0 Å². The van der Waals surface area contributed by atoms with Gasteiger partial charge in [0.1, 0.15) is 18.9 Å². The Morgan fingerprint density at radius 3 is 0.922 bits per heavy atom. The molecule has 0 aliphatic carbocycles. The number of hydrogen-bond donors (Lipinski definition) is 0. The molecule has 2 heterocycles. The van der Waals surface area contributed by atoms with Crippen molar-refractivity contribution < 1.29 is 32.7 Å². The summed E-state index contributed by atoms with van der Waals surface area (Å²) in [5.41, 5.74) is 8.80. The maximum absolute atomic E-state index is 9.89. The third-order valence-electron chi connectivity index (χ3n) is 10.2. The molecule has 0 aliphatic heterocycles. The summed E-state index contributed by atoms with van der Waals surface area (Å²) in [6.45, 7) is 5.93. The number of unbranched alkanes of at least 4 members (excludes halogenated alkanes) is 4. The summed E-state index contributed by atoms with van der Waals surface area (Å²) in [7, 11) is -3.17. The number of rotatable bonds is 16. The van der Waals surface area contributed by atoms with E-state index in [9.17, 15) is 4.32 Å². The zero-order valence-corrected chi connectivity index (χ0v) is 36.5. The summed E-state index contributed by atoms with van der Waals surface area (Å²) in [6, 6.07) is 66.1. The summed E-state index contributed by atoms with van der Waals surface area (Å²) in [5, 5.41) is 16.6. The van der Waals surface area contributed by atoms with E-state index in [1.165, 1.54) is 36.8 Å². The van der Waals surface area contributed by atoms with E-state index in [1.807, 2.05) is 72.8 Å². The van der Waals surface area contributed by atoms with Gasteiger partial charge in [0, 0.05) is 11.1 Å². The van der Waals surface area contributed by atoms with Crippen LogP contribution in [0.4, 0.5) is 4.32 Å². The highest BCUT2D eigenvalue weighted by atomic mass is 19.1. The topological polar surface area (TPSA) is 87.2 Å². The van der Waals surface area contributed by atoms with Crippen molar-refractivity contribution in [3.05, 3.63) is 194 Å². The molecule has 0 amide bonds. The van der Waals surface area contributed by atoms with Crippen molar-refractivity contribution in [1.29, 1.82) is 0 Å². The lowest BCUT2D eigenvalue weighted by Crippen LogP contribution is -2.39. The molecular weight excluding hydrogens is 798 g/mol. The summed E-state index contributed by atoms with van der Waals surface area (Å²) in [6.07, 6.45) is 6.98. The van der Waals surface area contributed by atoms with Gasteiger partial charge in [-0.1, -0.05) is 137 Å². The highest BCUT2D eigenvalue weighted by Crippen LogP contribution is 2.35. The van der Waals surface area contributed by atoms with Crippen molar-refractivity contribution in [3.8, 4) is 79.0 Å². The predicted octanol–water partition coefficient (Wildman–Crippen LogP) is 13.9. The monoisotopic (exact) mass is 852 g/mol. The molecule has 0 spiro atoms. The molecule has 0 atom stereocenters. The number of halogens is 1. The third kappa shape index (κ3) is 14.6. The van der Waals surface area contributed by atoms with Crippen LogP contribution in [0.5, 0.6) is 11.5 Å². The van der Waals surface area contributed by atoms with Crippen molar-refractivity contribution >= 4 is 7.40 Å². The Balaban J connectivity index is 0.000000196. The minimum atomic E-state index is -3.17. The Labute approximate surface area is 377 Å². The van der Waals surface area contributed by atoms with Gasteiger partial charge in [-0.15, -0.1) is 0 Å². The molecule has 0 saturated carbocycles. The Morgan fingerprint density at radius 2 is 0.641 bits per heavy atom. The SMILES string of the molecule is CCCCCOc1ccc(-c2cc(-c3ccccc3)cc(-c3ccccc3)[o+]2)cc1.CCCCCOc1ccc(-c2cc(-c3ccccc3)cc(-c3ccccc3)[o+]2)cc1.[O-]B([O-])F. The van der Waals surface area contributed by atoms with Crippen molar-refractivity contribution in [2.75, 3.05) is 13.2 Å². The van der Waals surface area contributed by atoms with Crippen LogP contribution in [0.25, 0.3) is 67.5 Å². The Hall–Kier alpha value is -6.87. The van der Waals surface area contributed by atoms with Crippen LogP contribution < -0.4 is 19.5 Å². The molecular formula is C56H54BFO6. The van der Waals surface area contributed by atoms with Crippen molar-refractivity contribution in [3.63, 3.8) is 0 Å². The molecule has 0 bridgehead atoms. The van der Waals surface area contributed by atoms with Gasteiger partial charge >= 0.3 is 23.0 Å². The van der Waals surface area contributed by atoms with Gasteiger partial charge in [-0.25, -0.2) is 8.83 Å². The predicted molar refractivity (Wildman–Crippen MR) is 256 cm³/mol. The molecule has 0 fully saturated rings. The van der Waals surface area contributed by atoms with E-state index in [0.29, 0.717) is 0 Å². The van der Waals surface area contributed by atoms with Crippen LogP contribution in [-0.4, -0.2) is 20.6 Å². The van der Waals surface area contributed by atoms with Crippen LogP contribution in [0.3, 0.4) is 0 Å². The molecule has 0 radical (unpaired) electrons. The fourth-order valence-corrected chi connectivity index (χ4v) is 6.89. The first-order valence-electron chi connectivity index (χ1n) is 22.0. The molecule has 2 aromatic heterocycles. The van der Waals surface area contributed by atoms with E-state index in [-0.39, 0.29) is 0 Å². The quantitative estimate of drug-likeness (QED) is 0.0547. The summed E-state index contributed by atoms with van der Waals surface area (Å²) >= 11 is 0. The number of hydrogen-bond acceptors (Lipinski definition) is 4. The average Bonchev–Trinajstić information content (AvgIpc) is 3.35. The minimum Gasteiger partial charge on any atom is -0.867 e. The molecule has 8 rings (SSSR count). The molecule has 0 unspecified atom stereocenters. The highest BCUT2D eigenvalue weighted by Gasteiger charge is 2.22. The molecule has 64 heavy (non-hydrogen) atoms. The molecule has 0 saturated heterocycles. The zero-order chi connectivity index (χ0) is 44.8. The summed E-state index contributed by atoms with van der Waals surface area (Å²) in [4.78, 5) is 0.